The van der Waals surface area contributed by atoms with Crippen molar-refractivity contribution in [3.8, 4) is 0 Å². The summed E-state index contributed by atoms with van der Waals surface area (Å²) in [6, 6.07) is 0.678. The first kappa shape index (κ1) is 16.3. The van der Waals surface area contributed by atoms with Crippen molar-refractivity contribution in [2.75, 3.05) is 32.8 Å². The zero-order valence-electron chi connectivity index (χ0n) is 13.8. The highest BCUT2D eigenvalue weighted by Gasteiger charge is 2.42. The monoisotopic (exact) mass is 282 g/mol. The maximum Gasteiger partial charge on any atom is 0.0593 e. The molecule has 20 heavy (non-hydrogen) atoms. The first-order valence-electron chi connectivity index (χ1n) is 8.72. The van der Waals surface area contributed by atoms with Gasteiger partial charge in [0.25, 0.3) is 0 Å². The molecule has 1 aliphatic heterocycles. The third kappa shape index (κ3) is 4.19. The van der Waals surface area contributed by atoms with E-state index in [1.807, 2.05) is 0 Å². The van der Waals surface area contributed by atoms with E-state index in [-0.39, 0.29) is 0 Å². The Hall–Kier alpha value is -0.120. The topological polar surface area (TPSA) is 24.5 Å². The molecule has 3 nitrogen and oxygen atoms in total. The third-order valence-electron chi connectivity index (χ3n) is 5.20. The van der Waals surface area contributed by atoms with Gasteiger partial charge in [-0.2, -0.15) is 0 Å². The molecule has 2 rings (SSSR count). The van der Waals surface area contributed by atoms with Gasteiger partial charge in [-0.3, -0.25) is 4.90 Å². The van der Waals surface area contributed by atoms with Gasteiger partial charge in [0.1, 0.15) is 0 Å². The lowest BCUT2D eigenvalue weighted by Crippen LogP contribution is -2.63. The van der Waals surface area contributed by atoms with Crippen LogP contribution in [-0.2, 0) is 4.74 Å². The van der Waals surface area contributed by atoms with E-state index in [2.05, 4.69) is 31.0 Å². The summed E-state index contributed by atoms with van der Waals surface area (Å²) in [5.74, 6) is 0.750. The molecule has 0 bridgehead atoms. The fourth-order valence-electron chi connectivity index (χ4n) is 3.69. The second-order valence-electron chi connectivity index (χ2n) is 7.16. The SMILES string of the molecule is CCC1CN(CCOCCC(C)C)C2(CCCC2)CN1. The average Bonchev–Trinajstić information content (AvgIpc) is 2.89. The zero-order chi connectivity index (χ0) is 14.4. The van der Waals surface area contributed by atoms with Gasteiger partial charge >= 0.3 is 0 Å². The van der Waals surface area contributed by atoms with Crippen molar-refractivity contribution in [2.45, 2.75) is 70.9 Å². The Morgan fingerprint density at radius 2 is 2.00 bits per heavy atom. The van der Waals surface area contributed by atoms with E-state index in [9.17, 15) is 0 Å². The Balaban J connectivity index is 1.78. The van der Waals surface area contributed by atoms with Gasteiger partial charge in [-0.25, -0.2) is 0 Å². The maximum atomic E-state index is 5.86. The highest BCUT2D eigenvalue weighted by Crippen LogP contribution is 2.36. The molecule has 1 saturated carbocycles. The van der Waals surface area contributed by atoms with E-state index in [1.54, 1.807) is 0 Å². The van der Waals surface area contributed by atoms with E-state index in [0.717, 1.165) is 25.7 Å². The van der Waals surface area contributed by atoms with Crippen LogP contribution in [0.2, 0.25) is 0 Å². The predicted molar refractivity (Wildman–Crippen MR) is 85.1 cm³/mol. The molecular formula is C17H34N2O. The summed E-state index contributed by atoms with van der Waals surface area (Å²) >= 11 is 0. The van der Waals surface area contributed by atoms with Crippen LogP contribution in [0.1, 0.15) is 59.3 Å². The first-order valence-corrected chi connectivity index (χ1v) is 8.72. The number of hydrogen-bond acceptors (Lipinski definition) is 3. The van der Waals surface area contributed by atoms with E-state index >= 15 is 0 Å². The molecule has 0 aromatic heterocycles. The Bertz CT molecular complexity index is 274. The average molecular weight is 282 g/mol. The summed E-state index contributed by atoms with van der Waals surface area (Å²) in [6.45, 7) is 12.2. The van der Waals surface area contributed by atoms with Gasteiger partial charge in [0.05, 0.1) is 6.61 Å². The zero-order valence-corrected chi connectivity index (χ0v) is 13.8. The van der Waals surface area contributed by atoms with Crippen molar-refractivity contribution >= 4 is 0 Å². The van der Waals surface area contributed by atoms with Gasteiger partial charge < -0.3 is 10.1 Å². The van der Waals surface area contributed by atoms with Crippen molar-refractivity contribution in [3.05, 3.63) is 0 Å². The molecule has 2 aliphatic rings. The van der Waals surface area contributed by atoms with Crippen LogP contribution in [-0.4, -0.2) is 49.3 Å². The number of ether oxygens (including phenoxy) is 1. The second-order valence-corrected chi connectivity index (χ2v) is 7.16. The van der Waals surface area contributed by atoms with Crippen LogP contribution >= 0.6 is 0 Å². The minimum absolute atomic E-state index is 0.451. The molecule has 1 heterocycles. The molecule has 118 valence electrons. The Labute approximate surface area is 125 Å². The summed E-state index contributed by atoms with van der Waals surface area (Å²) in [7, 11) is 0. The van der Waals surface area contributed by atoms with Gasteiger partial charge in [0.2, 0.25) is 0 Å². The summed E-state index contributed by atoms with van der Waals surface area (Å²) in [5.41, 5.74) is 0.451. The van der Waals surface area contributed by atoms with Crippen LogP contribution in [0, 0.1) is 5.92 Å². The highest BCUT2D eigenvalue weighted by atomic mass is 16.5. The molecule has 2 fully saturated rings. The summed E-state index contributed by atoms with van der Waals surface area (Å²) in [6.07, 6.45) is 7.99. The smallest absolute Gasteiger partial charge is 0.0593 e. The Morgan fingerprint density at radius 1 is 1.25 bits per heavy atom. The number of nitrogens with one attached hydrogen (secondary N) is 1. The second kappa shape index (κ2) is 7.77. The molecule has 1 aliphatic carbocycles. The van der Waals surface area contributed by atoms with Crippen molar-refractivity contribution < 1.29 is 4.74 Å². The minimum atomic E-state index is 0.451. The fourth-order valence-corrected chi connectivity index (χ4v) is 3.69. The van der Waals surface area contributed by atoms with Crippen LogP contribution in [0.4, 0.5) is 0 Å². The standard InChI is InChI=1S/C17H34N2O/c1-4-16-13-19(10-12-20-11-7-15(2)3)17(14-18-16)8-5-6-9-17/h15-16,18H,4-14H2,1-3H3. The molecule has 1 N–H and O–H groups in total. The summed E-state index contributed by atoms with van der Waals surface area (Å²) in [5, 5.41) is 3.77. The van der Waals surface area contributed by atoms with Crippen molar-refractivity contribution in [3.63, 3.8) is 0 Å². The first-order chi connectivity index (χ1) is 9.66. The van der Waals surface area contributed by atoms with Crippen LogP contribution in [0.25, 0.3) is 0 Å². The van der Waals surface area contributed by atoms with Crippen molar-refractivity contribution in [2.24, 2.45) is 5.92 Å². The normalized spacial score (nSPS) is 26.7. The summed E-state index contributed by atoms with van der Waals surface area (Å²) in [4.78, 5) is 2.75. The van der Waals surface area contributed by atoms with Crippen LogP contribution < -0.4 is 5.32 Å². The van der Waals surface area contributed by atoms with Crippen molar-refractivity contribution in [1.29, 1.82) is 0 Å². The fraction of sp³-hybridized carbons (Fsp3) is 1.00. The van der Waals surface area contributed by atoms with Crippen molar-refractivity contribution in [1.82, 2.24) is 10.2 Å². The molecule has 1 unspecified atom stereocenters. The van der Waals surface area contributed by atoms with Gasteiger partial charge in [0.15, 0.2) is 0 Å². The molecule has 1 saturated heterocycles. The molecule has 3 heteroatoms. The minimum Gasteiger partial charge on any atom is -0.380 e. The van der Waals surface area contributed by atoms with E-state index in [1.165, 1.54) is 51.6 Å². The molecular weight excluding hydrogens is 248 g/mol. The van der Waals surface area contributed by atoms with Gasteiger partial charge in [-0.1, -0.05) is 33.6 Å². The van der Waals surface area contributed by atoms with Gasteiger partial charge in [-0.15, -0.1) is 0 Å². The van der Waals surface area contributed by atoms with E-state index in [4.69, 9.17) is 4.74 Å². The van der Waals surface area contributed by atoms with Gasteiger partial charge in [-0.05, 0) is 31.6 Å². The Morgan fingerprint density at radius 3 is 2.65 bits per heavy atom. The Kier molecular flexibility index (Phi) is 6.31. The lowest BCUT2D eigenvalue weighted by molar-refractivity contribution is 0.0108. The molecule has 1 atom stereocenters. The van der Waals surface area contributed by atoms with Gasteiger partial charge in [0, 0.05) is 37.8 Å². The number of nitrogens with zero attached hydrogens (tertiary/aromatic N) is 1. The third-order valence-corrected chi connectivity index (χ3v) is 5.20. The number of rotatable bonds is 7. The van der Waals surface area contributed by atoms with Crippen LogP contribution in [0.15, 0.2) is 0 Å². The molecule has 1 spiro atoms. The molecule has 0 aromatic carbocycles. The molecule has 0 aromatic rings. The molecule has 0 radical (unpaired) electrons. The lowest BCUT2D eigenvalue weighted by Gasteiger charge is -2.48. The lowest BCUT2D eigenvalue weighted by atomic mass is 9.90. The highest BCUT2D eigenvalue weighted by molar-refractivity contribution is 5.01. The van der Waals surface area contributed by atoms with E-state index in [0.29, 0.717) is 11.6 Å². The molecule has 0 amide bonds. The van der Waals surface area contributed by atoms with E-state index < -0.39 is 0 Å². The quantitative estimate of drug-likeness (QED) is 0.726. The summed E-state index contributed by atoms with van der Waals surface area (Å²) < 4.78 is 5.86. The largest absolute Gasteiger partial charge is 0.380 e. The number of piperazine rings is 1. The number of hydrogen-bond donors (Lipinski definition) is 1. The maximum absolute atomic E-state index is 5.86. The van der Waals surface area contributed by atoms with Crippen LogP contribution in [0.3, 0.4) is 0 Å². The van der Waals surface area contributed by atoms with Crippen LogP contribution in [0.5, 0.6) is 0 Å². The predicted octanol–water partition coefficient (Wildman–Crippen LogP) is 3.05.